The fourth-order valence-electron chi connectivity index (χ4n) is 1.19. The average molecular weight is 217 g/mol. The number of hydrogen-bond donors (Lipinski definition) is 1. The summed E-state index contributed by atoms with van der Waals surface area (Å²) in [4.78, 5) is 14.2. The lowest BCUT2D eigenvalue weighted by atomic mass is 10.1. The highest BCUT2D eigenvalue weighted by atomic mass is 19.3. The van der Waals surface area contributed by atoms with E-state index in [0.717, 1.165) is 6.07 Å². The second-order valence-corrected chi connectivity index (χ2v) is 2.85. The lowest BCUT2D eigenvalue weighted by Gasteiger charge is -2.09. The SMILES string of the molecule is COc1nc(C(F)F)cc(C)c1C(=O)O. The quantitative estimate of drug-likeness (QED) is 0.841. The van der Waals surface area contributed by atoms with Crippen LogP contribution in [0.3, 0.4) is 0 Å². The van der Waals surface area contributed by atoms with Gasteiger partial charge >= 0.3 is 5.97 Å². The molecule has 0 atom stereocenters. The number of aryl methyl sites for hydroxylation is 1. The molecular formula is C9H9F2NO3. The van der Waals surface area contributed by atoms with Gasteiger partial charge in [0.15, 0.2) is 0 Å². The number of carbonyl (C=O) groups is 1. The zero-order valence-corrected chi connectivity index (χ0v) is 8.12. The van der Waals surface area contributed by atoms with E-state index in [1.54, 1.807) is 0 Å². The van der Waals surface area contributed by atoms with Gasteiger partial charge in [0.05, 0.1) is 7.11 Å². The van der Waals surface area contributed by atoms with Gasteiger partial charge in [-0.05, 0) is 18.6 Å². The van der Waals surface area contributed by atoms with Crippen molar-refractivity contribution >= 4 is 5.97 Å². The van der Waals surface area contributed by atoms with Gasteiger partial charge in [0, 0.05) is 0 Å². The topological polar surface area (TPSA) is 59.4 Å². The molecule has 0 aliphatic rings. The van der Waals surface area contributed by atoms with Gasteiger partial charge < -0.3 is 9.84 Å². The molecule has 0 spiro atoms. The molecule has 6 heteroatoms. The number of aromatic nitrogens is 1. The second kappa shape index (κ2) is 4.20. The highest BCUT2D eigenvalue weighted by Crippen LogP contribution is 2.25. The molecule has 1 aromatic heterocycles. The van der Waals surface area contributed by atoms with Crippen LogP contribution in [0.15, 0.2) is 6.07 Å². The van der Waals surface area contributed by atoms with Gasteiger partial charge in [0.2, 0.25) is 5.88 Å². The van der Waals surface area contributed by atoms with E-state index >= 15 is 0 Å². The largest absolute Gasteiger partial charge is 0.480 e. The third-order valence-electron chi connectivity index (χ3n) is 1.83. The molecule has 0 radical (unpaired) electrons. The number of hydrogen-bond acceptors (Lipinski definition) is 3. The summed E-state index contributed by atoms with van der Waals surface area (Å²) in [6.07, 6.45) is -2.75. The van der Waals surface area contributed by atoms with Gasteiger partial charge in [-0.1, -0.05) is 0 Å². The van der Waals surface area contributed by atoms with Gasteiger partial charge in [-0.15, -0.1) is 0 Å². The monoisotopic (exact) mass is 217 g/mol. The van der Waals surface area contributed by atoms with Crippen LogP contribution in [0.1, 0.15) is 28.0 Å². The van der Waals surface area contributed by atoms with Crippen molar-refractivity contribution in [2.75, 3.05) is 7.11 Å². The first-order chi connectivity index (χ1) is 6.97. The molecule has 0 saturated carbocycles. The van der Waals surface area contributed by atoms with E-state index in [1.807, 2.05) is 0 Å². The molecule has 0 aromatic carbocycles. The molecule has 82 valence electrons. The Kier molecular flexibility index (Phi) is 3.18. The summed E-state index contributed by atoms with van der Waals surface area (Å²) >= 11 is 0. The molecule has 1 rings (SSSR count). The molecule has 1 heterocycles. The Balaban J connectivity index is 3.37. The lowest BCUT2D eigenvalue weighted by Crippen LogP contribution is -2.07. The number of halogens is 2. The molecule has 0 fully saturated rings. The normalized spacial score (nSPS) is 10.5. The van der Waals surface area contributed by atoms with E-state index in [9.17, 15) is 13.6 Å². The summed E-state index contributed by atoms with van der Waals surface area (Å²) in [6, 6.07) is 1.04. The van der Waals surface area contributed by atoms with Crippen molar-refractivity contribution in [2.45, 2.75) is 13.3 Å². The van der Waals surface area contributed by atoms with Crippen molar-refractivity contribution in [2.24, 2.45) is 0 Å². The number of pyridine rings is 1. The van der Waals surface area contributed by atoms with E-state index in [1.165, 1.54) is 14.0 Å². The minimum atomic E-state index is -2.75. The first-order valence-electron chi connectivity index (χ1n) is 4.04. The number of rotatable bonds is 3. The molecule has 0 saturated heterocycles. The molecule has 0 bridgehead atoms. The third-order valence-corrected chi connectivity index (χ3v) is 1.83. The standard InChI is InChI=1S/C9H9F2NO3/c1-4-3-5(7(10)11)12-8(15-2)6(4)9(13)14/h3,7H,1-2H3,(H,13,14). The van der Waals surface area contributed by atoms with Crippen molar-refractivity contribution in [3.63, 3.8) is 0 Å². The molecule has 0 amide bonds. The Hall–Kier alpha value is -1.72. The van der Waals surface area contributed by atoms with Gasteiger partial charge in [-0.25, -0.2) is 18.6 Å². The molecular weight excluding hydrogens is 208 g/mol. The van der Waals surface area contributed by atoms with Crippen LogP contribution in [0.25, 0.3) is 0 Å². The number of carboxylic acids is 1. The van der Waals surface area contributed by atoms with E-state index in [-0.39, 0.29) is 17.0 Å². The van der Waals surface area contributed by atoms with Gasteiger partial charge in [0.25, 0.3) is 6.43 Å². The molecule has 4 nitrogen and oxygen atoms in total. The van der Waals surface area contributed by atoms with Gasteiger partial charge in [-0.2, -0.15) is 0 Å². The Morgan fingerprint density at radius 3 is 2.60 bits per heavy atom. The Labute approximate surface area is 84.5 Å². The van der Waals surface area contributed by atoms with Gasteiger partial charge in [-0.3, -0.25) is 0 Å². The van der Waals surface area contributed by atoms with E-state index in [0.29, 0.717) is 0 Å². The van der Waals surface area contributed by atoms with Crippen LogP contribution in [0.5, 0.6) is 5.88 Å². The summed E-state index contributed by atoms with van der Waals surface area (Å²) in [5, 5.41) is 8.80. The molecule has 15 heavy (non-hydrogen) atoms. The number of aromatic carboxylic acids is 1. The van der Waals surface area contributed by atoms with Crippen LogP contribution >= 0.6 is 0 Å². The zero-order valence-electron chi connectivity index (χ0n) is 8.12. The third kappa shape index (κ3) is 2.20. The predicted octanol–water partition coefficient (Wildman–Crippen LogP) is 2.03. The summed E-state index contributed by atoms with van der Waals surface area (Å²) < 4.78 is 29.3. The summed E-state index contributed by atoms with van der Waals surface area (Å²) in [5.41, 5.74) is -0.485. The minimum absolute atomic E-state index is 0.193. The van der Waals surface area contributed by atoms with Crippen LogP contribution in [-0.2, 0) is 0 Å². The maximum absolute atomic E-state index is 12.3. The number of ether oxygens (including phenoxy) is 1. The zero-order chi connectivity index (χ0) is 11.6. The molecule has 0 aliphatic heterocycles. The maximum Gasteiger partial charge on any atom is 0.341 e. The fraction of sp³-hybridized carbons (Fsp3) is 0.333. The van der Waals surface area contributed by atoms with Crippen molar-refractivity contribution in [1.82, 2.24) is 4.98 Å². The number of alkyl halides is 2. The molecule has 0 aliphatic carbocycles. The Morgan fingerprint density at radius 1 is 1.60 bits per heavy atom. The predicted molar refractivity (Wildman–Crippen MR) is 47.4 cm³/mol. The fourth-order valence-corrected chi connectivity index (χ4v) is 1.19. The molecule has 0 unspecified atom stereocenters. The first kappa shape index (κ1) is 11.4. The Morgan fingerprint density at radius 2 is 2.20 bits per heavy atom. The van der Waals surface area contributed by atoms with Gasteiger partial charge in [0.1, 0.15) is 11.3 Å². The van der Waals surface area contributed by atoms with Crippen LogP contribution in [-0.4, -0.2) is 23.2 Å². The number of nitrogens with zero attached hydrogens (tertiary/aromatic N) is 1. The summed E-state index contributed by atoms with van der Waals surface area (Å²) in [5.74, 6) is -1.55. The smallest absolute Gasteiger partial charge is 0.341 e. The molecule has 1 aromatic rings. The average Bonchev–Trinajstić information content (AvgIpc) is 2.15. The molecule has 1 N–H and O–H groups in total. The van der Waals surface area contributed by atoms with Crippen molar-refractivity contribution in [3.05, 3.63) is 22.9 Å². The number of carboxylic acid groups (broad SMARTS) is 1. The first-order valence-corrected chi connectivity index (χ1v) is 4.04. The van der Waals surface area contributed by atoms with Crippen molar-refractivity contribution in [3.8, 4) is 5.88 Å². The minimum Gasteiger partial charge on any atom is -0.480 e. The second-order valence-electron chi connectivity index (χ2n) is 2.85. The van der Waals surface area contributed by atoms with Crippen LogP contribution in [0, 0.1) is 6.92 Å². The summed E-state index contributed by atoms with van der Waals surface area (Å²) in [6.45, 7) is 1.42. The highest BCUT2D eigenvalue weighted by Gasteiger charge is 2.20. The van der Waals surface area contributed by atoms with E-state index < -0.39 is 18.1 Å². The van der Waals surface area contributed by atoms with E-state index in [2.05, 4.69) is 9.72 Å². The highest BCUT2D eigenvalue weighted by molar-refractivity contribution is 5.91. The van der Waals surface area contributed by atoms with Crippen molar-refractivity contribution in [1.29, 1.82) is 0 Å². The van der Waals surface area contributed by atoms with Crippen LogP contribution in [0.2, 0.25) is 0 Å². The number of methoxy groups -OCH3 is 1. The Bertz CT molecular complexity index is 393. The lowest BCUT2D eigenvalue weighted by molar-refractivity contribution is 0.0690. The van der Waals surface area contributed by atoms with E-state index in [4.69, 9.17) is 5.11 Å². The summed E-state index contributed by atoms with van der Waals surface area (Å²) in [7, 11) is 1.18. The van der Waals surface area contributed by atoms with Crippen LogP contribution < -0.4 is 4.74 Å². The van der Waals surface area contributed by atoms with Crippen LogP contribution in [0.4, 0.5) is 8.78 Å². The maximum atomic E-state index is 12.3. The van der Waals surface area contributed by atoms with Crippen molar-refractivity contribution < 1.29 is 23.4 Å².